The number of esters is 1. The summed E-state index contributed by atoms with van der Waals surface area (Å²) in [5, 5.41) is 0.818. The van der Waals surface area contributed by atoms with E-state index in [9.17, 15) is 4.79 Å². The van der Waals surface area contributed by atoms with Crippen molar-refractivity contribution in [2.45, 2.75) is 13.3 Å². The zero-order valence-electron chi connectivity index (χ0n) is 11.8. The van der Waals surface area contributed by atoms with E-state index in [-0.39, 0.29) is 5.97 Å². The molecule has 0 saturated carbocycles. The molecule has 0 spiro atoms. The molecule has 0 aliphatic carbocycles. The van der Waals surface area contributed by atoms with Crippen LogP contribution in [0.5, 0.6) is 0 Å². The number of methoxy groups -OCH3 is 1. The largest absolute Gasteiger partial charge is 0.465 e. The standard InChI is InChI=1S/C14H17N3O2S/c1-10-12(13(18)19-3)20-14(16-10)17(2)9-7-11-6-4-5-8-15-11/h4-6,8H,7,9H2,1-3H3. The lowest BCUT2D eigenvalue weighted by atomic mass is 10.2. The number of anilines is 1. The highest BCUT2D eigenvalue weighted by Crippen LogP contribution is 2.25. The Hall–Kier alpha value is -1.95. The first-order valence-corrected chi connectivity index (χ1v) is 7.10. The van der Waals surface area contributed by atoms with E-state index in [2.05, 4.69) is 9.97 Å². The van der Waals surface area contributed by atoms with E-state index in [1.807, 2.05) is 37.1 Å². The fourth-order valence-electron chi connectivity index (χ4n) is 1.75. The Labute approximate surface area is 122 Å². The Balaban J connectivity index is 2.02. The van der Waals surface area contributed by atoms with E-state index in [1.165, 1.54) is 18.4 Å². The second kappa shape index (κ2) is 6.47. The van der Waals surface area contributed by atoms with Gasteiger partial charge in [-0.05, 0) is 19.1 Å². The third-order valence-electron chi connectivity index (χ3n) is 2.91. The minimum absolute atomic E-state index is 0.329. The summed E-state index contributed by atoms with van der Waals surface area (Å²) >= 11 is 1.36. The van der Waals surface area contributed by atoms with Gasteiger partial charge in [0.15, 0.2) is 5.13 Å². The van der Waals surface area contributed by atoms with Crippen molar-refractivity contribution >= 4 is 22.4 Å². The van der Waals surface area contributed by atoms with Crippen molar-refractivity contribution in [2.24, 2.45) is 0 Å². The van der Waals surface area contributed by atoms with Gasteiger partial charge in [0.25, 0.3) is 0 Å². The van der Waals surface area contributed by atoms with Crippen LogP contribution in [0.4, 0.5) is 5.13 Å². The normalized spacial score (nSPS) is 10.3. The molecule has 0 amide bonds. The average Bonchev–Trinajstić information content (AvgIpc) is 2.87. The number of thiazole rings is 1. The molecular weight excluding hydrogens is 274 g/mol. The first-order valence-electron chi connectivity index (χ1n) is 6.28. The first kappa shape index (κ1) is 14.5. The molecule has 0 aliphatic heterocycles. The molecular formula is C14H17N3O2S. The minimum atomic E-state index is -0.329. The van der Waals surface area contributed by atoms with Crippen LogP contribution in [0.25, 0.3) is 0 Å². The van der Waals surface area contributed by atoms with Gasteiger partial charge >= 0.3 is 5.97 Å². The van der Waals surface area contributed by atoms with Gasteiger partial charge in [0.1, 0.15) is 4.88 Å². The van der Waals surface area contributed by atoms with Crippen molar-refractivity contribution in [3.05, 3.63) is 40.7 Å². The topological polar surface area (TPSA) is 55.3 Å². The maximum Gasteiger partial charge on any atom is 0.350 e. The van der Waals surface area contributed by atoms with Crippen LogP contribution in [0, 0.1) is 6.92 Å². The summed E-state index contributed by atoms with van der Waals surface area (Å²) in [5.41, 5.74) is 1.75. The Bertz CT molecular complexity index is 583. The highest BCUT2D eigenvalue weighted by Gasteiger charge is 2.17. The molecule has 0 aromatic carbocycles. The molecule has 2 rings (SSSR count). The smallest absolute Gasteiger partial charge is 0.350 e. The fraction of sp³-hybridized carbons (Fsp3) is 0.357. The zero-order chi connectivity index (χ0) is 14.5. The van der Waals surface area contributed by atoms with Crippen molar-refractivity contribution in [1.82, 2.24) is 9.97 Å². The molecule has 0 N–H and O–H groups in total. The number of rotatable bonds is 5. The number of ether oxygens (including phenoxy) is 1. The monoisotopic (exact) mass is 291 g/mol. The van der Waals surface area contributed by atoms with E-state index in [4.69, 9.17) is 4.74 Å². The van der Waals surface area contributed by atoms with Crippen molar-refractivity contribution in [1.29, 1.82) is 0 Å². The number of nitrogens with zero attached hydrogens (tertiary/aromatic N) is 3. The van der Waals surface area contributed by atoms with Crippen molar-refractivity contribution < 1.29 is 9.53 Å². The van der Waals surface area contributed by atoms with Gasteiger partial charge in [0, 0.05) is 31.9 Å². The predicted molar refractivity (Wildman–Crippen MR) is 79.4 cm³/mol. The maximum atomic E-state index is 11.6. The minimum Gasteiger partial charge on any atom is -0.465 e. The van der Waals surface area contributed by atoms with Gasteiger partial charge in [0.05, 0.1) is 12.8 Å². The lowest BCUT2D eigenvalue weighted by Gasteiger charge is -2.14. The summed E-state index contributed by atoms with van der Waals surface area (Å²) in [4.78, 5) is 22.9. The van der Waals surface area contributed by atoms with E-state index in [1.54, 1.807) is 6.20 Å². The third-order valence-corrected chi connectivity index (χ3v) is 4.16. The van der Waals surface area contributed by atoms with E-state index in [0.717, 1.165) is 23.8 Å². The van der Waals surface area contributed by atoms with Crippen molar-refractivity contribution in [2.75, 3.05) is 25.6 Å². The Kier molecular flexibility index (Phi) is 4.68. The molecule has 0 saturated heterocycles. The van der Waals surface area contributed by atoms with E-state index < -0.39 is 0 Å². The number of aryl methyl sites for hydroxylation is 1. The van der Waals surface area contributed by atoms with E-state index in [0.29, 0.717) is 10.6 Å². The van der Waals surface area contributed by atoms with Gasteiger partial charge in [-0.25, -0.2) is 9.78 Å². The second-order valence-corrected chi connectivity index (χ2v) is 5.37. The molecule has 0 atom stereocenters. The molecule has 0 fully saturated rings. The van der Waals surface area contributed by atoms with Crippen LogP contribution in [0.1, 0.15) is 21.1 Å². The van der Waals surface area contributed by atoms with Gasteiger partial charge in [-0.2, -0.15) is 0 Å². The molecule has 5 nitrogen and oxygen atoms in total. The molecule has 0 unspecified atom stereocenters. The molecule has 0 bridgehead atoms. The van der Waals surface area contributed by atoms with Crippen LogP contribution in [0.2, 0.25) is 0 Å². The second-order valence-electron chi connectivity index (χ2n) is 4.40. The number of likely N-dealkylation sites (N-methyl/N-ethyl adjacent to an activating group) is 1. The molecule has 6 heteroatoms. The number of pyridine rings is 1. The lowest BCUT2D eigenvalue weighted by Crippen LogP contribution is -2.20. The number of hydrogen-bond donors (Lipinski definition) is 0. The molecule has 2 aromatic heterocycles. The molecule has 0 radical (unpaired) electrons. The van der Waals surface area contributed by atoms with Crippen molar-refractivity contribution in [3.63, 3.8) is 0 Å². The Morgan fingerprint density at radius 3 is 2.90 bits per heavy atom. The number of aromatic nitrogens is 2. The first-order chi connectivity index (χ1) is 9.61. The molecule has 0 aliphatic rings. The summed E-state index contributed by atoms with van der Waals surface area (Å²) in [6.45, 7) is 2.61. The Morgan fingerprint density at radius 2 is 2.25 bits per heavy atom. The summed E-state index contributed by atoms with van der Waals surface area (Å²) in [6, 6.07) is 5.88. The van der Waals surface area contributed by atoms with Crippen LogP contribution >= 0.6 is 11.3 Å². The molecule has 2 aromatic rings. The predicted octanol–water partition coefficient (Wildman–Crippen LogP) is 2.31. The van der Waals surface area contributed by atoms with Crippen LogP contribution < -0.4 is 4.90 Å². The quantitative estimate of drug-likeness (QED) is 0.791. The maximum absolute atomic E-state index is 11.6. The number of carbonyl (C=O) groups is 1. The fourth-order valence-corrected chi connectivity index (χ4v) is 2.72. The summed E-state index contributed by atoms with van der Waals surface area (Å²) < 4.78 is 4.74. The van der Waals surface area contributed by atoms with Crippen LogP contribution in [-0.2, 0) is 11.2 Å². The summed E-state index contributed by atoms with van der Waals surface area (Å²) in [6.07, 6.45) is 2.63. The highest BCUT2D eigenvalue weighted by atomic mass is 32.1. The summed E-state index contributed by atoms with van der Waals surface area (Å²) in [5.74, 6) is -0.329. The molecule has 2 heterocycles. The number of carbonyl (C=O) groups excluding carboxylic acids is 1. The van der Waals surface area contributed by atoms with Gasteiger partial charge < -0.3 is 9.64 Å². The average molecular weight is 291 g/mol. The summed E-state index contributed by atoms with van der Waals surface area (Å²) in [7, 11) is 3.34. The van der Waals surface area contributed by atoms with Crippen LogP contribution in [-0.4, -0.2) is 36.6 Å². The highest BCUT2D eigenvalue weighted by molar-refractivity contribution is 7.17. The lowest BCUT2D eigenvalue weighted by molar-refractivity contribution is 0.0605. The van der Waals surface area contributed by atoms with Gasteiger partial charge in [0.2, 0.25) is 0 Å². The van der Waals surface area contributed by atoms with Gasteiger partial charge in [-0.1, -0.05) is 17.4 Å². The Morgan fingerprint density at radius 1 is 1.45 bits per heavy atom. The molecule has 20 heavy (non-hydrogen) atoms. The SMILES string of the molecule is COC(=O)c1sc(N(C)CCc2ccccn2)nc1C. The zero-order valence-corrected chi connectivity index (χ0v) is 12.6. The van der Waals surface area contributed by atoms with Gasteiger partial charge in [-0.15, -0.1) is 0 Å². The van der Waals surface area contributed by atoms with Crippen molar-refractivity contribution in [3.8, 4) is 0 Å². The third kappa shape index (κ3) is 3.33. The number of hydrogen-bond acceptors (Lipinski definition) is 6. The van der Waals surface area contributed by atoms with Crippen LogP contribution in [0.3, 0.4) is 0 Å². The molecule has 106 valence electrons. The van der Waals surface area contributed by atoms with Gasteiger partial charge in [-0.3, -0.25) is 4.98 Å². The van der Waals surface area contributed by atoms with Crippen LogP contribution in [0.15, 0.2) is 24.4 Å². The van der Waals surface area contributed by atoms with E-state index >= 15 is 0 Å².